The van der Waals surface area contributed by atoms with Crippen LogP contribution in [0.2, 0.25) is 0 Å². The Morgan fingerprint density at radius 1 is 0.759 bits per heavy atom. The predicted octanol–water partition coefficient (Wildman–Crippen LogP) is 3.74. The fourth-order valence-electron chi connectivity index (χ4n) is 2.84. The van der Waals surface area contributed by atoms with Gasteiger partial charge in [-0.15, -0.1) is 0 Å². The van der Waals surface area contributed by atoms with E-state index < -0.39 is 5.91 Å². The molecule has 0 radical (unpaired) electrons. The summed E-state index contributed by atoms with van der Waals surface area (Å²) in [7, 11) is 3.05. The van der Waals surface area contributed by atoms with Gasteiger partial charge in [0.05, 0.1) is 14.2 Å². The number of ether oxygens (including phenoxy) is 2. The Balaban J connectivity index is 1.79. The van der Waals surface area contributed by atoms with E-state index in [-0.39, 0.29) is 5.91 Å². The Morgan fingerprint density at radius 2 is 1.45 bits per heavy atom. The van der Waals surface area contributed by atoms with Gasteiger partial charge in [-0.05, 0) is 53.6 Å². The highest BCUT2D eigenvalue weighted by molar-refractivity contribution is 6.05. The van der Waals surface area contributed by atoms with Gasteiger partial charge >= 0.3 is 0 Å². The summed E-state index contributed by atoms with van der Waals surface area (Å²) in [5.74, 6) is 0.163. The Bertz CT molecular complexity index is 1030. The summed E-state index contributed by atoms with van der Waals surface area (Å²) >= 11 is 0. The number of anilines is 1. The highest BCUT2D eigenvalue weighted by atomic mass is 16.5. The zero-order valence-electron chi connectivity index (χ0n) is 15.9. The highest BCUT2D eigenvalue weighted by Gasteiger charge is 2.12. The lowest BCUT2D eigenvalue weighted by Crippen LogP contribution is -2.18. The molecule has 29 heavy (non-hydrogen) atoms. The molecule has 0 spiro atoms. The van der Waals surface area contributed by atoms with Crippen LogP contribution in [0, 0.1) is 0 Å². The third-order valence-corrected chi connectivity index (χ3v) is 4.35. The molecule has 0 aliphatic heterocycles. The lowest BCUT2D eigenvalue weighted by atomic mass is 10.0. The van der Waals surface area contributed by atoms with Crippen LogP contribution in [0.1, 0.15) is 20.7 Å². The second-order valence-electron chi connectivity index (χ2n) is 6.12. The van der Waals surface area contributed by atoms with E-state index >= 15 is 0 Å². The Kier molecular flexibility index (Phi) is 6.11. The zero-order valence-corrected chi connectivity index (χ0v) is 15.9. The summed E-state index contributed by atoms with van der Waals surface area (Å²) < 4.78 is 10.4. The van der Waals surface area contributed by atoms with Gasteiger partial charge in [-0.2, -0.15) is 0 Å². The molecule has 0 unspecified atom stereocenters. The molecular weight excluding hydrogens is 372 g/mol. The number of carbonyl (C=O) groups is 2. The Labute approximate surface area is 167 Å². The molecule has 0 aromatic heterocycles. The van der Waals surface area contributed by atoms with Crippen LogP contribution in [-0.4, -0.2) is 31.2 Å². The van der Waals surface area contributed by atoms with Gasteiger partial charge in [-0.1, -0.05) is 24.3 Å². The van der Waals surface area contributed by atoms with Crippen molar-refractivity contribution in [2.75, 3.05) is 19.5 Å². The average Bonchev–Trinajstić information content (AvgIpc) is 2.78. The third kappa shape index (κ3) is 4.53. The molecule has 148 valence electrons. The number of carbonyl (C=O) groups excluding carboxylic acids is 2. The lowest BCUT2D eigenvalue weighted by molar-refractivity contribution is 0.0706. The number of hydrogen-bond donors (Lipinski definition) is 3. The van der Waals surface area contributed by atoms with Gasteiger partial charge in [0, 0.05) is 16.8 Å². The molecule has 2 amide bonds. The Morgan fingerprint density at radius 3 is 2.10 bits per heavy atom. The van der Waals surface area contributed by atoms with Crippen molar-refractivity contribution < 1.29 is 24.3 Å². The van der Waals surface area contributed by atoms with E-state index in [1.807, 2.05) is 18.2 Å². The standard InChI is InChI=1S/C22H20N2O5/c1-28-19-11-10-17(13-20(19)29-2)21(25)23-18-5-3-4-16(12-18)14-6-8-15(9-7-14)22(26)24-27/h3-13,27H,1-2H3,(H,23,25)(H,24,26). The van der Waals surface area contributed by atoms with Crippen molar-refractivity contribution in [1.29, 1.82) is 0 Å². The van der Waals surface area contributed by atoms with Crippen LogP contribution in [0.4, 0.5) is 5.69 Å². The fraction of sp³-hybridized carbons (Fsp3) is 0.0909. The Hall–Kier alpha value is -3.84. The van der Waals surface area contributed by atoms with Crippen molar-refractivity contribution in [3.63, 3.8) is 0 Å². The number of nitrogens with one attached hydrogen (secondary N) is 2. The summed E-state index contributed by atoms with van der Waals surface area (Å²) in [5, 5.41) is 11.6. The van der Waals surface area contributed by atoms with E-state index in [4.69, 9.17) is 14.7 Å². The smallest absolute Gasteiger partial charge is 0.274 e. The number of rotatable bonds is 6. The van der Waals surface area contributed by atoms with Gasteiger partial charge in [-0.25, -0.2) is 5.48 Å². The lowest BCUT2D eigenvalue weighted by Gasteiger charge is -2.11. The molecule has 0 saturated carbocycles. The maximum atomic E-state index is 12.6. The molecule has 0 aliphatic carbocycles. The normalized spacial score (nSPS) is 10.2. The topological polar surface area (TPSA) is 96.9 Å². The van der Waals surface area contributed by atoms with Crippen LogP contribution in [0.5, 0.6) is 11.5 Å². The quantitative estimate of drug-likeness (QED) is 0.439. The van der Waals surface area contributed by atoms with Gasteiger partial charge in [-0.3, -0.25) is 14.8 Å². The molecule has 3 aromatic rings. The van der Waals surface area contributed by atoms with Crippen molar-refractivity contribution in [2.24, 2.45) is 0 Å². The van der Waals surface area contributed by atoms with Gasteiger partial charge in [0.25, 0.3) is 11.8 Å². The van der Waals surface area contributed by atoms with Gasteiger partial charge in [0.2, 0.25) is 0 Å². The molecule has 3 rings (SSSR count). The monoisotopic (exact) mass is 392 g/mol. The van der Waals surface area contributed by atoms with Crippen molar-refractivity contribution in [2.45, 2.75) is 0 Å². The minimum Gasteiger partial charge on any atom is -0.493 e. The van der Waals surface area contributed by atoms with E-state index in [0.717, 1.165) is 11.1 Å². The summed E-state index contributed by atoms with van der Waals surface area (Å²) in [5.41, 5.74) is 4.73. The van der Waals surface area contributed by atoms with E-state index in [2.05, 4.69) is 5.32 Å². The van der Waals surface area contributed by atoms with Crippen molar-refractivity contribution >= 4 is 17.5 Å². The largest absolute Gasteiger partial charge is 0.493 e. The molecule has 7 nitrogen and oxygen atoms in total. The minimum atomic E-state index is -0.576. The van der Waals surface area contributed by atoms with Gasteiger partial charge in [0.15, 0.2) is 11.5 Å². The first-order valence-corrected chi connectivity index (χ1v) is 8.74. The maximum absolute atomic E-state index is 12.6. The molecule has 3 aromatic carbocycles. The third-order valence-electron chi connectivity index (χ3n) is 4.35. The number of methoxy groups -OCH3 is 2. The SMILES string of the molecule is COc1ccc(C(=O)Nc2cccc(-c3ccc(C(=O)NO)cc3)c2)cc1OC. The van der Waals surface area contributed by atoms with Crippen molar-refractivity contribution in [3.8, 4) is 22.6 Å². The van der Waals surface area contributed by atoms with Gasteiger partial charge < -0.3 is 14.8 Å². The van der Waals surface area contributed by atoms with E-state index in [1.165, 1.54) is 14.2 Å². The second kappa shape index (κ2) is 8.90. The molecule has 0 heterocycles. The first-order valence-electron chi connectivity index (χ1n) is 8.74. The van der Waals surface area contributed by atoms with Crippen LogP contribution < -0.4 is 20.3 Å². The number of hydrogen-bond acceptors (Lipinski definition) is 5. The highest BCUT2D eigenvalue weighted by Crippen LogP contribution is 2.28. The molecule has 0 saturated heterocycles. The molecule has 3 N–H and O–H groups in total. The van der Waals surface area contributed by atoms with Crippen LogP contribution in [0.3, 0.4) is 0 Å². The summed E-state index contributed by atoms with van der Waals surface area (Å²) in [4.78, 5) is 24.0. The number of amides is 2. The predicted molar refractivity (Wildman–Crippen MR) is 109 cm³/mol. The van der Waals surface area contributed by atoms with Crippen LogP contribution in [-0.2, 0) is 0 Å². The molecular formula is C22H20N2O5. The maximum Gasteiger partial charge on any atom is 0.274 e. The molecule has 0 bridgehead atoms. The summed E-state index contributed by atoms with van der Waals surface area (Å²) in [6, 6.07) is 19.0. The molecule has 0 aliphatic rings. The molecule has 7 heteroatoms. The fourth-order valence-corrected chi connectivity index (χ4v) is 2.84. The average molecular weight is 392 g/mol. The van der Waals surface area contributed by atoms with Crippen LogP contribution >= 0.6 is 0 Å². The van der Waals surface area contributed by atoms with Crippen LogP contribution in [0.15, 0.2) is 66.7 Å². The van der Waals surface area contributed by atoms with E-state index in [0.29, 0.717) is 28.3 Å². The summed E-state index contributed by atoms with van der Waals surface area (Å²) in [6.45, 7) is 0. The minimum absolute atomic E-state index is 0.280. The van der Waals surface area contributed by atoms with Crippen molar-refractivity contribution in [1.82, 2.24) is 5.48 Å². The summed E-state index contributed by atoms with van der Waals surface area (Å²) in [6.07, 6.45) is 0. The van der Waals surface area contributed by atoms with Gasteiger partial charge in [0.1, 0.15) is 0 Å². The van der Waals surface area contributed by atoms with Crippen molar-refractivity contribution in [3.05, 3.63) is 77.9 Å². The first-order chi connectivity index (χ1) is 14.0. The zero-order chi connectivity index (χ0) is 20.8. The number of hydroxylamine groups is 1. The van der Waals surface area contributed by atoms with E-state index in [9.17, 15) is 9.59 Å². The first kappa shape index (κ1) is 19.9. The number of benzene rings is 3. The van der Waals surface area contributed by atoms with Crippen LogP contribution in [0.25, 0.3) is 11.1 Å². The molecule has 0 fully saturated rings. The van der Waals surface area contributed by atoms with E-state index in [1.54, 1.807) is 54.0 Å². The second-order valence-corrected chi connectivity index (χ2v) is 6.12. The molecule has 0 atom stereocenters.